The number of carbonyl (C=O) groups excluding carboxylic acids is 1. The molecule has 0 aliphatic rings. The zero-order chi connectivity index (χ0) is 14.5. The number of hydrogen-bond donors (Lipinski definition) is 1. The fourth-order valence-corrected chi connectivity index (χ4v) is 1.99. The van der Waals surface area contributed by atoms with E-state index in [2.05, 4.69) is 0 Å². The third kappa shape index (κ3) is 3.29. The molecule has 0 atom stereocenters. The minimum Gasteiger partial charge on any atom is -0.497 e. The Labute approximate surface area is 118 Å². The van der Waals surface area contributed by atoms with Crippen molar-refractivity contribution in [3.8, 4) is 5.75 Å². The van der Waals surface area contributed by atoms with E-state index in [0.29, 0.717) is 12.2 Å². The third-order valence-corrected chi connectivity index (χ3v) is 3.06. The van der Waals surface area contributed by atoms with E-state index >= 15 is 0 Å². The highest BCUT2D eigenvalue weighted by atomic mass is 16.5. The highest BCUT2D eigenvalue weighted by Gasteiger charge is 2.12. The molecule has 2 aromatic rings. The normalized spacial score (nSPS) is 10.1. The number of nitrogen functional groups attached to an aromatic ring is 1. The van der Waals surface area contributed by atoms with Gasteiger partial charge in [0.05, 0.1) is 13.7 Å². The van der Waals surface area contributed by atoms with Gasteiger partial charge in [0, 0.05) is 18.3 Å². The summed E-state index contributed by atoms with van der Waals surface area (Å²) in [4.78, 5) is 13.5. The number of carbonyl (C=O) groups is 1. The van der Waals surface area contributed by atoms with E-state index in [0.717, 1.165) is 17.0 Å². The zero-order valence-corrected chi connectivity index (χ0v) is 11.7. The van der Waals surface area contributed by atoms with Crippen LogP contribution in [0.4, 0.5) is 11.4 Å². The van der Waals surface area contributed by atoms with Crippen molar-refractivity contribution in [2.24, 2.45) is 0 Å². The van der Waals surface area contributed by atoms with Gasteiger partial charge in [0.15, 0.2) is 0 Å². The number of nitrogens with two attached hydrogens (primary N) is 1. The number of benzene rings is 2. The van der Waals surface area contributed by atoms with Crippen LogP contribution in [0.1, 0.15) is 12.5 Å². The maximum absolute atomic E-state index is 11.8. The summed E-state index contributed by atoms with van der Waals surface area (Å²) in [5.74, 6) is 0.776. The molecule has 0 saturated carbocycles. The number of nitrogens with zero attached hydrogens (tertiary/aromatic N) is 1. The van der Waals surface area contributed by atoms with Gasteiger partial charge in [0.1, 0.15) is 5.75 Å². The first-order valence-electron chi connectivity index (χ1n) is 6.36. The molecule has 0 aliphatic carbocycles. The first-order valence-corrected chi connectivity index (χ1v) is 6.36. The van der Waals surface area contributed by atoms with Crippen LogP contribution in [0.5, 0.6) is 5.75 Å². The molecule has 0 saturated heterocycles. The van der Waals surface area contributed by atoms with Crippen LogP contribution in [0.25, 0.3) is 0 Å². The predicted octanol–water partition coefficient (Wildman–Crippen LogP) is 2.83. The summed E-state index contributed by atoms with van der Waals surface area (Å²) >= 11 is 0. The van der Waals surface area contributed by atoms with Gasteiger partial charge in [-0.15, -0.1) is 0 Å². The van der Waals surface area contributed by atoms with E-state index in [-0.39, 0.29) is 5.91 Å². The number of ether oxygens (including phenoxy) is 1. The predicted molar refractivity (Wildman–Crippen MR) is 80.7 cm³/mol. The fourth-order valence-electron chi connectivity index (χ4n) is 1.99. The van der Waals surface area contributed by atoms with Gasteiger partial charge in [-0.3, -0.25) is 4.79 Å². The van der Waals surface area contributed by atoms with Crippen LogP contribution in [0.2, 0.25) is 0 Å². The fraction of sp³-hybridized carbons (Fsp3) is 0.188. The Morgan fingerprint density at radius 1 is 1.20 bits per heavy atom. The van der Waals surface area contributed by atoms with Gasteiger partial charge in [0.25, 0.3) is 0 Å². The lowest BCUT2D eigenvalue weighted by Gasteiger charge is -2.21. The van der Waals surface area contributed by atoms with Gasteiger partial charge in [-0.05, 0) is 35.9 Å². The molecule has 0 bridgehead atoms. The summed E-state index contributed by atoms with van der Waals surface area (Å²) in [7, 11) is 1.63. The Kier molecular flexibility index (Phi) is 4.25. The Hall–Kier alpha value is -2.49. The van der Waals surface area contributed by atoms with E-state index in [1.807, 2.05) is 36.4 Å². The number of hydrogen-bond acceptors (Lipinski definition) is 3. The quantitative estimate of drug-likeness (QED) is 0.869. The van der Waals surface area contributed by atoms with Crippen molar-refractivity contribution in [2.45, 2.75) is 13.5 Å². The molecule has 0 radical (unpaired) electrons. The molecule has 0 spiro atoms. The standard InChI is InChI=1S/C16H18N2O2/c1-12(19)18(15-5-3-4-14(17)10-15)11-13-6-8-16(20-2)9-7-13/h3-10H,11,17H2,1-2H3. The van der Waals surface area contributed by atoms with Gasteiger partial charge in [0.2, 0.25) is 5.91 Å². The molecule has 0 heterocycles. The van der Waals surface area contributed by atoms with E-state index < -0.39 is 0 Å². The monoisotopic (exact) mass is 270 g/mol. The van der Waals surface area contributed by atoms with Gasteiger partial charge in [-0.2, -0.15) is 0 Å². The van der Waals surface area contributed by atoms with Crippen molar-refractivity contribution < 1.29 is 9.53 Å². The highest BCUT2D eigenvalue weighted by Crippen LogP contribution is 2.21. The van der Waals surface area contributed by atoms with E-state index in [9.17, 15) is 4.79 Å². The van der Waals surface area contributed by atoms with Crippen molar-refractivity contribution in [1.29, 1.82) is 0 Å². The molecule has 0 aliphatic heterocycles. The smallest absolute Gasteiger partial charge is 0.224 e. The van der Waals surface area contributed by atoms with Crippen molar-refractivity contribution in [2.75, 3.05) is 17.7 Å². The Morgan fingerprint density at radius 3 is 2.45 bits per heavy atom. The molecule has 4 heteroatoms. The number of anilines is 2. The van der Waals surface area contributed by atoms with Gasteiger partial charge in [-0.1, -0.05) is 18.2 Å². The number of amides is 1. The summed E-state index contributed by atoms with van der Waals surface area (Å²) in [5.41, 5.74) is 8.25. The van der Waals surface area contributed by atoms with Crippen molar-refractivity contribution in [3.05, 3.63) is 54.1 Å². The topological polar surface area (TPSA) is 55.6 Å². The molecular weight excluding hydrogens is 252 g/mol. The molecule has 2 rings (SSSR count). The van der Waals surface area contributed by atoms with Crippen molar-refractivity contribution in [3.63, 3.8) is 0 Å². The van der Waals surface area contributed by atoms with Crippen LogP contribution in [0, 0.1) is 0 Å². The van der Waals surface area contributed by atoms with E-state index in [4.69, 9.17) is 10.5 Å². The Balaban J connectivity index is 2.23. The van der Waals surface area contributed by atoms with Gasteiger partial charge >= 0.3 is 0 Å². The van der Waals surface area contributed by atoms with Crippen LogP contribution in [-0.4, -0.2) is 13.0 Å². The number of methoxy groups -OCH3 is 1. The average Bonchev–Trinajstić information content (AvgIpc) is 2.45. The van der Waals surface area contributed by atoms with Crippen molar-refractivity contribution in [1.82, 2.24) is 0 Å². The number of rotatable bonds is 4. The lowest BCUT2D eigenvalue weighted by Crippen LogP contribution is -2.27. The second-order valence-corrected chi connectivity index (χ2v) is 4.55. The van der Waals surface area contributed by atoms with Crippen LogP contribution in [-0.2, 0) is 11.3 Å². The molecule has 20 heavy (non-hydrogen) atoms. The third-order valence-electron chi connectivity index (χ3n) is 3.06. The molecule has 104 valence electrons. The summed E-state index contributed by atoms with van der Waals surface area (Å²) in [6, 6.07) is 15.0. The lowest BCUT2D eigenvalue weighted by atomic mass is 10.2. The minimum absolute atomic E-state index is 0.0218. The van der Waals surface area contributed by atoms with Gasteiger partial charge < -0.3 is 15.4 Å². The zero-order valence-electron chi connectivity index (χ0n) is 11.7. The average molecular weight is 270 g/mol. The van der Waals surface area contributed by atoms with Crippen LogP contribution in [0.15, 0.2) is 48.5 Å². The molecule has 0 fully saturated rings. The maximum Gasteiger partial charge on any atom is 0.224 e. The second kappa shape index (κ2) is 6.10. The summed E-state index contributed by atoms with van der Waals surface area (Å²) < 4.78 is 5.12. The summed E-state index contributed by atoms with van der Waals surface area (Å²) in [6.45, 7) is 2.05. The molecule has 2 N–H and O–H groups in total. The van der Waals surface area contributed by atoms with Gasteiger partial charge in [-0.25, -0.2) is 0 Å². The van der Waals surface area contributed by atoms with Crippen LogP contribution < -0.4 is 15.4 Å². The minimum atomic E-state index is -0.0218. The molecular formula is C16H18N2O2. The van der Waals surface area contributed by atoms with E-state index in [1.54, 1.807) is 31.1 Å². The second-order valence-electron chi connectivity index (χ2n) is 4.55. The van der Waals surface area contributed by atoms with E-state index in [1.165, 1.54) is 0 Å². The molecule has 0 aromatic heterocycles. The Bertz CT molecular complexity index is 594. The highest BCUT2D eigenvalue weighted by molar-refractivity contribution is 5.91. The molecule has 2 aromatic carbocycles. The maximum atomic E-state index is 11.8. The van der Waals surface area contributed by atoms with Crippen molar-refractivity contribution >= 4 is 17.3 Å². The summed E-state index contributed by atoms with van der Waals surface area (Å²) in [6.07, 6.45) is 0. The summed E-state index contributed by atoms with van der Waals surface area (Å²) in [5, 5.41) is 0. The van der Waals surface area contributed by atoms with Crippen LogP contribution >= 0.6 is 0 Å². The van der Waals surface area contributed by atoms with Crippen LogP contribution in [0.3, 0.4) is 0 Å². The first-order chi connectivity index (χ1) is 9.60. The molecule has 0 unspecified atom stereocenters. The SMILES string of the molecule is COc1ccc(CN(C(C)=O)c2cccc(N)c2)cc1. The largest absolute Gasteiger partial charge is 0.497 e. The molecule has 4 nitrogen and oxygen atoms in total. The Morgan fingerprint density at radius 2 is 1.90 bits per heavy atom. The molecule has 1 amide bonds. The first kappa shape index (κ1) is 13.9. The lowest BCUT2D eigenvalue weighted by molar-refractivity contribution is -0.116.